The van der Waals surface area contributed by atoms with Crippen LogP contribution in [-0.2, 0) is 11.3 Å². The number of epoxide rings is 1. The summed E-state index contributed by atoms with van der Waals surface area (Å²) in [5.41, 5.74) is 1.26. The Bertz CT molecular complexity index is 354. The van der Waals surface area contributed by atoms with Crippen LogP contribution in [0.4, 0.5) is 0 Å². The molecular weight excluding hydrogens is 202 g/mol. The van der Waals surface area contributed by atoms with E-state index in [1.807, 2.05) is 18.2 Å². The average Bonchev–Trinajstić information content (AvgIpc) is 3.05. The molecule has 16 heavy (non-hydrogen) atoms. The first-order valence-electron chi connectivity index (χ1n) is 5.94. The number of hydrogen-bond acceptors (Lipinski definition) is 3. The molecule has 1 saturated heterocycles. The Morgan fingerprint density at radius 3 is 2.75 bits per heavy atom. The summed E-state index contributed by atoms with van der Waals surface area (Å²) in [7, 11) is 0. The summed E-state index contributed by atoms with van der Waals surface area (Å²) in [6.45, 7) is 0.819. The number of nitrogens with one attached hydrogen (secondary N) is 1. The lowest BCUT2D eigenvalue weighted by molar-refractivity contribution is 0.100. The molecule has 86 valence electrons. The second kappa shape index (κ2) is 4.17. The van der Waals surface area contributed by atoms with Gasteiger partial charge in [0, 0.05) is 19.0 Å². The van der Waals surface area contributed by atoms with Crippen LogP contribution in [0, 0.1) is 0 Å². The number of rotatable bonds is 3. The largest absolute Gasteiger partial charge is 0.391 e. The minimum absolute atomic E-state index is 0.184. The first-order valence-corrected chi connectivity index (χ1v) is 5.94. The van der Waals surface area contributed by atoms with Gasteiger partial charge in [0.15, 0.2) is 0 Å². The SMILES string of the molecule is O[C@@H]1C[C@H]2O[C@H]2C[C@H]1NCc1ccccc1. The molecule has 1 aliphatic heterocycles. The van der Waals surface area contributed by atoms with E-state index < -0.39 is 0 Å². The van der Waals surface area contributed by atoms with Crippen LogP contribution in [0.3, 0.4) is 0 Å². The Morgan fingerprint density at radius 2 is 1.94 bits per heavy atom. The normalized spacial score (nSPS) is 36.8. The molecule has 1 heterocycles. The monoisotopic (exact) mass is 219 g/mol. The molecule has 1 aliphatic carbocycles. The van der Waals surface area contributed by atoms with Crippen molar-refractivity contribution in [3.63, 3.8) is 0 Å². The zero-order chi connectivity index (χ0) is 11.0. The standard InChI is InChI=1S/C13H17NO2/c15-11-7-13-12(16-13)6-10(11)14-8-9-4-2-1-3-5-9/h1-5,10-15H,6-8H2/t10-,11-,12+,13-/m1/s1. The molecule has 0 spiro atoms. The third-order valence-corrected chi connectivity index (χ3v) is 3.52. The Balaban J connectivity index is 1.54. The van der Waals surface area contributed by atoms with Crippen LogP contribution in [0.5, 0.6) is 0 Å². The zero-order valence-corrected chi connectivity index (χ0v) is 9.17. The highest BCUT2D eigenvalue weighted by molar-refractivity contribution is 5.14. The van der Waals surface area contributed by atoms with Gasteiger partial charge in [-0.15, -0.1) is 0 Å². The number of hydrogen-bond donors (Lipinski definition) is 2. The molecule has 4 atom stereocenters. The molecule has 0 unspecified atom stereocenters. The van der Waals surface area contributed by atoms with Gasteiger partial charge in [-0.25, -0.2) is 0 Å². The van der Waals surface area contributed by atoms with Crippen LogP contribution in [0.25, 0.3) is 0 Å². The molecule has 1 aromatic rings. The highest BCUT2D eigenvalue weighted by atomic mass is 16.6. The maximum absolute atomic E-state index is 9.90. The van der Waals surface area contributed by atoms with Crippen molar-refractivity contribution in [2.24, 2.45) is 0 Å². The first-order chi connectivity index (χ1) is 7.83. The number of ether oxygens (including phenoxy) is 1. The molecule has 3 nitrogen and oxygen atoms in total. The fourth-order valence-corrected chi connectivity index (χ4v) is 2.47. The van der Waals surface area contributed by atoms with Crippen molar-refractivity contribution in [1.29, 1.82) is 0 Å². The van der Waals surface area contributed by atoms with E-state index in [2.05, 4.69) is 17.4 Å². The summed E-state index contributed by atoms with van der Waals surface area (Å²) in [6.07, 6.45) is 2.21. The fourth-order valence-electron chi connectivity index (χ4n) is 2.47. The molecule has 1 saturated carbocycles. The van der Waals surface area contributed by atoms with Gasteiger partial charge in [0.05, 0.1) is 18.3 Å². The van der Waals surface area contributed by atoms with Crippen molar-refractivity contribution in [2.75, 3.05) is 0 Å². The van der Waals surface area contributed by atoms with Crippen LogP contribution < -0.4 is 5.32 Å². The van der Waals surface area contributed by atoms with Crippen molar-refractivity contribution < 1.29 is 9.84 Å². The summed E-state index contributed by atoms with van der Waals surface area (Å²) in [6, 6.07) is 10.5. The Hall–Kier alpha value is -0.900. The Kier molecular flexibility index (Phi) is 2.67. The van der Waals surface area contributed by atoms with Crippen molar-refractivity contribution >= 4 is 0 Å². The van der Waals surface area contributed by atoms with Gasteiger partial charge in [0.25, 0.3) is 0 Å². The van der Waals surface area contributed by atoms with E-state index in [4.69, 9.17) is 4.74 Å². The second-order valence-corrected chi connectivity index (χ2v) is 4.72. The van der Waals surface area contributed by atoms with Gasteiger partial charge in [-0.2, -0.15) is 0 Å². The maximum atomic E-state index is 9.90. The molecule has 3 rings (SSSR count). The predicted octanol–water partition coefficient (Wildman–Crippen LogP) is 1.07. The zero-order valence-electron chi connectivity index (χ0n) is 9.17. The first kappa shape index (κ1) is 10.3. The van der Waals surface area contributed by atoms with Gasteiger partial charge in [-0.05, 0) is 12.0 Å². The van der Waals surface area contributed by atoms with E-state index in [0.29, 0.717) is 12.2 Å². The van der Waals surface area contributed by atoms with E-state index in [1.54, 1.807) is 0 Å². The van der Waals surface area contributed by atoms with Crippen molar-refractivity contribution in [3.8, 4) is 0 Å². The third kappa shape index (κ3) is 2.12. The molecule has 0 amide bonds. The second-order valence-electron chi connectivity index (χ2n) is 4.72. The Morgan fingerprint density at radius 1 is 1.19 bits per heavy atom. The Labute approximate surface area is 95.4 Å². The summed E-state index contributed by atoms with van der Waals surface area (Å²) < 4.78 is 5.43. The smallest absolute Gasteiger partial charge is 0.0867 e. The van der Waals surface area contributed by atoms with E-state index in [9.17, 15) is 5.11 Å². The van der Waals surface area contributed by atoms with Gasteiger partial charge in [0.2, 0.25) is 0 Å². The molecule has 2 aliphatic rings. The third-order valence-electron chi connectivity index (χ3n) is 3.52. The van der Waals surface area contributed by atoms with E-state index >= 15 is 0 Å². The number of aliphatic hydroxyl groups excluding tert-OH is 1. The molecule has 0 aromatic heterocycles. The highest BCUT2D eigenvalue weighted by Crippen LogP contribution is 2.36. The van der Waals surface area contributed by atoms with Crippen LogP contribution >= 0.6 is 0 Å². The molecule has 0 radical (unpaired) electrons. The van der Waals surface area contributed by atoms with E-state index in [1.165, 1.54) is 5.56 Å². The van der Waals surface area contributed by atoms with Gasteiger partial charge < -0.3 is 15.2 Å². The quantitative estimate of drug-likeness (QED) is 0.747. The number of aliphatic hydroxyl groups is 1. The van der Waals surface area contributed by atoms with Crippen molar-refractivity contribution in [1.82, 2.24) is 5.32 Å². The maximum Gasteiger partial charge on any atom is 0.0867 e. The molecule has 0 bridgehead atoms. The highest BCUT2D eigenvalue weighted by Gasteiger charge is 2.47. The average molecular weight is 219 g/mol. The molecule has 2 fully saturated rings. The summed E-state index contributed by atoms with van der Waals surface area (Å²) >= 11 is 0. The lowest BCUT2D eigenvalue weighted by atomic mass is 9.92. The molecule has 1 aromatic carbocycles. The predicted molar refractivity (Wildman–Crippen MR) is 61.0 cm³/mol. The van der Waals surface area contributed by atoms with Crippen molar-refractivity contribution in [2.45, 2.75) is 43.7 Å². The number of benzene rings is 1. The van der Waals surface area contributed by atoms with Gasteiger partial charge >= 0.3 is 0 Å². The van der Waals surface area contributed by atoms with Crippen molar-refractivity contribution in [3.05, 3.63) is 35.9 Å². The minimum Gasteiger partial charge on any atom is -0.391 e. The minimum atomic E-state index is -0.257. The summed E-state index contributed by atoms with van der Waals surface area (Å²) in [5, 5.41) is 13.3. The van der Waals surface area contributed by atoms with Gasteiger partial charge in [0.1, 0.15) is 0 Å². The molecular formula is C13H17NO2. The van der Waals surface area contributed by atoms with Crippen LogP contribution in [-0.4, -0.2) is 29.5 Å². The summed E-state index contributed by atoms with van der Waals surface area (Å²) in [4.78, 5) is 0. The van der Waals surface area contributed by atoms with Crippen LogP contribution in [0.1, 0.15) is 18.4 Å². The lowest BCUT2D eigenvalue weighted by Crippen LogP contribution is -2.44. The summed E-state index contributed by atoms with van der Waals surface area (Å²) in [5.74, 6) is 0. The van der Waals surface area contributed by atoms with Gasteiger partial charge in [-0.1, -0.05) is 30.3 Å². The lowest BCUT2D eigenvalue weighted by Gasteiger charge is -2.26. The molecule has 3 heteroatoms. The number of fused-ring (bicyclic) bond motifs is 1. The van der Waals surface area contributed by atoms with Crippen LogP contribution in [0.15, 0.2) is 30.3 Å². The fraction of sp³-hybridized carbons (Fsp3) is 0.538. The topological polar surface area (TPSA) is 44.8 Å². The molecule has 2 N–H and O–H groups in total. The van der Waals surface area contributed by atoms with Gasteiger partial charge in [-0.3, -0.25) is 0 Å². The van der Waals surface area contributed by atoms with E-state index in [0.717, 1.165) is 19.4 Å². The van der Waals surface area contributed by atoms with Crippen LogP contribution in [0.2, 0.25) is 0 Å². The van der Waals surface area contributed by atoms with E-state index in [-0.39, 0.29) is 12.1 Å².